The molecule has 2 aromatic carbocycles. The van der Waals surface area contributed by atoms with E-state index in [0.717, 1.165) is 26.9 Å². The summed E-state index contributed by atoms with van der Waals surface area (Å²) in [6.45, 7) is 0. The summed E-state index contributed by atoms with van der Waals surface area (Å²) >= 11 is 1.57. The fourth-order valence-electron chi connectivity index (χ4n) is 2.70. The van der Waals surface area contributed by atoms with E-state index in [9.17, 15) is 4.79 Å². The van der Waals surface area contributed by atoms with Crippen LogP contribution >= 0.6 is 11.8 Å². The van der Waals surface area contributed by atoms with E-state index < -0.39 is 0 Å². The van der Waals surface area contributed by atoms with Crippen LogP contribution in [0.5, 0.6) is 5.75 Å². The van der Waals surface area contributed by atoms with Crippen molar-refractivity contribution in [3.05, 3.63) is 70.8 Å². The molecule has 4 aromatic rings. The topological polar surface area (TPSA) is 65.2 Å². The summed E-state index contributed by atoms with van der Waals surface area (Å²) in [5, 5.41) is 2.79. The summed E-state index contributed by atoms with van der Waals surface area (Å²) in [6, 6.07) is 14.9. The lowest BCUT2D eigenvalue weighted by atomic mass is 10.1. The lowest BCUT2D eigenvalue weighted by molar-refractivity contribution is 0.414. The molecule has 0 radical (unpaired) electrons. The minimum atomic E-state index is -0.371. The number of fused-ring (bicyclic) bond motifs is 2. The summed E-state index contributed by atoms with van der Waals surface area (Å²) in [5.74, 6) is 1.26. The van der Waals surface area contributed by atoms with Crippen molar-refractivity contribution in [1.29, 1.82) is 0 Å². The Kier molecular flexibility index (Phi) is 4.11. The van der Waals surface area contributed by atoms with Crippen molar-refractivity contribution >= 4 is 33.6 Å². The van der Waals surface area contributed by atoms with Gasteiger partial charge in [0.15, 0.2) is 0 Å². The highest BCUT2D eigenvalue weighted by Gasteiger charge is 2.10. The zero-order valence-corrected chi connectivity index (χ0v) is 14.2. The first-order valence-corrected chi connectivity index (χ1v) is 8.66. The van der Waals surface area contributed by atoms with Crippen LogP contribution in [0.4, 0.5) is 0 Å². The second kappa shape index (κ2) is 6.57. The molecule has 5 nitrogen and oxygen atoms in total. The quantitative estimate of drug-likeness (QED) is 0.314. The number of benzene rings is 2. The predicted molar refractivity (Wildman–Crippen MR) is 98.1 cm³/mol. The van der Waals surface area contributed by atoms with Gasteiger partial charge in [0.05, 0.1) is 12.6 Å². The number of hydrogen-bond acceptors (Lipinski definition) is 6. The molecule has 0 saturated carbocycles. The van der Waals surface area contributed by atoms with Crippen molar-refractivity contribution in [1.82, 2.24) is 9.97 Å². The van der Waals surface area contributed by atoms with E-state index >= 15 is 0 Å². The zero-order valence-electron chi connectivity index (χ0n) is 13.4. The van der Waals surface area contributed by atoms with Gasteiger partial charge in [0.2, 0.25) is 0 Å². The molecule has 0 atom stereocenters. The smallest absolute Gasteiger partial charge is 0.336 e. The highest BCUT2D eigenvalue weighted by atomic mass is 32.2. The zero-order chi connectivity index (χ0) is 17.2. The van der Waals surface area contributed by atoms with Gasteiger partial charge in [-0.15, -0.1) is 11.8 Å². The van der Waals surface area contributed by atoms with E-state index in [1.54, 1.807) is 31.3 Å². The van der Waals surface area contributed by atoms with E-state index in [-0.39, 0.29) is 5.63 Å². The van der Waals surface area contributed by atoms with Crippen LogP contribution < -0.4 is 10.4 Å². The molecule has 0 spiro atoms. The Morgan fingerprint density at radius 3 is 2.84 bits per heavy atom. The Morgan fingerprint density at radius 2 is 1.96 bits per heavy atom. The maximum absolute atomic E-state index is 11.9. The lowest BCUT2D eigenvalue weighted by Crippen LogP contribution is -2.00. The van der Waals surface area contributed by atoms with Crippen LogP contribution in [0.3, 0.4) is 0 Å². The molecule has 25 heavy (non-hydrogen) atoms. The number of thioether (sulfide) groups is 1. The third-order valence-electron chi connectivity index (χ3n) is 3.91. The summed E-state index contributed by atoms with van der Waals surface area (Å²) in [4.78, 5) is 20.5. The molecule has 0 unspecified atom stereocenters. The summed E-state index contributed by atoms with van der Waals surface area (Å²) in [7, 11) is 1.58. The highest BCUT2D eigenvalue weighted by Crippen LogP contribution is 2.30. The average molecular weight is 350 g/mol. The van der Waals surface area contributed by atoms with E-state index in [1.807, 2.05) is 36.4 Å². The van der Waals surface area contributed by atoms with Crippen molar-refractivity contribution in [3.63, 3.8) is 0 Å². The molecule has 0 aliphatic carbocycles. The monoisotopic (exact) mass is 350 g/mol. The molecule has 6 heteroatoms. The van der Waals surface area contributed by atoms with Crippen LogP contribution in [-0.2, 0) is 5.75 Å². The van der Waals surface area contributed by atoms with Gasteiger partial charge in [0.25, 0.3) is 0 Å². The molecule has 0 N–H and O–H groups in total. The van der Waals surface area contributed by atoms with Crippen LogP contribution in [0.2, 0.25) is 0 Å². The molecule has 2 heterocycles. The predicted octanol–water partition coefficient (Wildman–Crippen LogP) is 4.04. The highest BCUT2D eigenvalue weighted by molar-refractivity contribution is 7.98. The molecule has 0 aliphatic heterocycles. The first kappa shape index (κ1) is 15.7. The summed E-state index contributed by atoms with van der Waals surface area (Å²) in [6.07, 6.45) is 1.56. The van der Waals surface area contributed by atoms with E-state index in [4.69, 9.17) is 9.15 Å². The molecule has 0 amide bonds. The SMILES string of the molecule is COc1ccc2c(CSc3ncnc4ccccc34)cc(=O)oc2c1. The molecule has 4 rings (SSSR count). The Balaban J connectivity index is 1.72. The van der Waals surface area contributed by atoms with Gasteiger partial charge < -0.3 is 9.15 Å². The summed E-state index contributed by atoms with van der Waals surface area (Å²) < 4.78 is 10.5. The standard InChI is InChI=1S/C19H14N2O3S/c1-23-13-6-7-14-12(8-18(22)24-17(14)9-13)10-25-19-15-4-2-3-5-16(15)20-11-21-19/h2-9,11H,10H2,1H3. The van der Waals surface area contributed by atoms with Crippen molar-refractivity contribution < 1.29 is 9.15 Å². The minimum Gasteiger partial charge on any atom is -0.497 e. The molecular weight excluding hydrogens is 336 g/mol. The molecule has 0 bridgehead atoms. The van der Waals surface area contributed by atoms with Gasteiger partial charge in [-0.3, -0.25) is 0 Å². The van der Waals surface area contributed by atoms with E-state index in [1.165, 1.54) is 6.07 Å². The average Bonchev–Trinajstić information content (AvgIpc) is 2.65. The van der Waals surface area contributed by atoms with E-state index in [0.29, 0.717) is 17.1 Å². The third kappa shape index (κ3) is 3.08. The Hall–Kier alpha value is -2.86. The largest absolute Gasteiger partial charge is 0.497 e. The van der Waals surface area contributed by atoms with Crippen LogP contribution in [0, 0.1) is 0 Å². The van der Waals surface area contributed by atoms with Gasteiger partial charge in [-0.1, -0.05) is 18.2 Å². The maximum atomic E-state index is 11.9. The van der Waals surface area contributed by atoms with Crippen molar-refractivity contribution in [2.75, 3.05) is 7.11 Å². The fraction of sp³-hybridized carbons (Fsp3) is 0.105. The van der Waals surface area contributed by atoms with Crippen molar-refractivity contribution in [3.8, 4) is 5.75 Å². The lowest BCUT2D eigenvalue weighted by Gasteiger charge is -2.08. The van der Waals surface area contributed by atoms with Crippen LogP contribution in [-0.4, -0.2) is 17.1 Å². The van der Waals surface area contributed by atoms with Gasteiger partial charge in [-0.25, -0.2) is 14.8 Å². The molecule has 0 aliphatic rings. The normalized spacial score (nSPS) is 11.1. The van der Waals surface area contributed by atoms with E-state index in [2.05, 4.69) is 9.97 Å². The minimum absolute atomic E-state index is 0.371. The Morgan fingerprint density at radius 1 is 1.08 bits per heavy atom. The molecule has 0 fully saturated rings. The summed E-state index contributed by atoms with van der Waals surface area (Å²) in [5.41, 5.74) is 1.96. The number of aromatic nitrogens is 2. The molecule has 124 valence electrons. The van der Waals surface area contributed by atoms with Crippen molar-refractivity contribution in [2.24, 2.45) is 0 Å². The molecule has 2 aromatic heterocycles. The second-order valence-corrected chi connectivity index (χ2v) is 6.40. The molecule has 0 saturated heterocycles. The van der Waals surface area contributed by atoms with Gasteiger partial charge in [0, 0.05) is 28.7 Å². The maximum Gasteiger partial charge on any atom is 0.336 e. The van der Waals surface area contributed by atoms with Gasteiger partial charge in [-0.2, -0.15) is 0 Å². The Labute approximate surface area is 147 Å². The number of rotatable bonds is 4. The Bertz CT molecular complexity index is 1120. The number of hydrogen-bond donors (Lipinski definition) is 0. The third-order valence-corrected chi connectivity index (χ3v) is 4.96. The second-order valence-electron chi connectivity index (χ2n) is 5.44. The first-order valence-electron chi connectivity index (χ1n) is 7.68. The number of nitrogens with zero attached hydrogens (tertiary/aromatic N) is 2. The fourth-order valence-corrected chi connectivity index (χ4v) is 3.68. The number of ether oxygens (including phenoxy) is 1. The van der Waals surface area contributed by atoms with Crippen LogP contribution in [0.15, 0.2) is 69.1 Å². The number of methoxy groups -OCH3 is 1. The first-order chi connectivity index (χ1) is 12.2. The van der Waals surface area contributed by atoms with Crippen molar-refractivity contribution in [2.45, 2.75) is 10.8 Å². The number of para-hydroxylation sites is 1. The van der Waals surface area contributed by atoms with Crippen LogP contribution in [0.1, 0.15) is 5.56 Å². The molecular formula is C19H14N2O3S. The van der Waals surface area contributed by atoms with Gasteiger partial charge in [0.1, 0.15) is 22.7 Å². The van der Waals surface area contributed by atoms with Gasteiger partial charge >= 0.3 is 5.63 Å². The van der Waals surface area contributed by atoms with Gasteiger partial charge in [-0.05, 0) is 23.8 Å². The van der Waals surface area contributed by atoms with Crippen LogP contribution in [0.25, 0.3) is 21.9 Å².